The van der Waals surface area contributed by atoms with Crippen molar-refractivity contribution in [2.24, 2.45) is 0 Å². The number of thiazole rings is 1. The van der Waals surface area contributed by atoms with E-state index in [0.717, 1.165) is 23.8 Å². The molecule has 1 unspecified atom stereocenters. The third-order valence-electron chi connectivity index (χ3n) is 2.24. The van der Waals surface area contributed by atoms with Crippen molar-refractivity contribution in [2.75, 3.05) is 0 Å². The van der Waals surface area contributed by atoms with Crippen LogP contribution in [0.4, 0.5) is 0 Å². The van der Waals surface area contributed by atoms with Gasteiger partial charge in [-0.1, -0.05) is 6.92 Å². The van der Waals surface area contributed by atoms with E-state index in [-0.39, 0.29) is 6.04 Å². The molecule has 0 radical (unpaired) electrons. The van der Waals surface area contributed by atoms with E-state index in [2.05, 4.69) is 27.2 Å². The van der Waals surface area contributed by atoms with Gasteiger partial charge in [0.05, 0.1) is 6.04 Å². The van der Waals surface area contributed by atoms with Crippen LogP contribution in [0.2, 0.25) is 0 Å². The Balaban J connectivity index is 1.92. The first-order chi connectivity index (χ1) is 7.40. The zero-order chi connectivity index (χ0) is 10.5. The average Bonchev–Trinajstić information content (AvgIpc) is 2.90. The maximum absolute atomic E-state index is 4.25. The van der Waals surface area contributed by atoms with Crippen molar-refractivity contribution in [2.45, 2.75) is 25.9 Å². The summed E-state index contributed by atoms with van der Waals surface area (Å²) in [4.78, 5) is 11.6. The fourth-order valence-corrected chi connectivity index (χ4v) is 2.02. The van der Waals surface area contributed by atoms with E-state index in [9.17, 15) is 0 Å². The molecule has 0 fully saturated rings. The maximum atomic E-state index is 4.25. The van der Waals surface area contributed by atoms with Gasteiger partial charge in [-0.15, -0.1) is 11.3 Å². The van der Waals surface area contributed by atoms with Gasteiger partial charge in [0.2, 0.25) is 0 Å². The summed E-state index contributed by atoms with van der Waals surface area (Å²) in [5.41, 5.74) is 0. The van der Waals surface area contributed by atoms with Gasteiger partial charge in [-0.2, -0.15) is 0 Å². The van der Waals surface area contributed by atoms with E-state index in [4.69, 9.17) is 0 Å². The van der Waals surface area contributed by atoms with Gasteiger partial charge in [0.1, 0.15) is 10.8 Å². The molecule has 0 saturated heterocycles. The molecule has 2 N–H and O–H groups in total. The predicted molar refractivity (Wildman–Crippen MR) is 60.6 cm³/mol. The molecular weight excluding hydrogens is 208 g/mol. The van der Waals surface area contributed by atoms with Crippen LogP contribution in [0.15, 0.2) is 24.0 Å². The van der Waals surface area contributed by atoms with E-state index in [1.807, 2.05) is 17.8 Å². The zero-order valence-electron chi connectivity index (χ0n) is 8.60. The van der Waals surface area contributed by atoms with Crippen LogP contribution in [0.1, 0.15) is 30.2 Å². The highest BCUT2D eigenvalue weighted by Gasteiger charge is 2.10. The van der Waals surface area contributed by atoms with Crippen molar-refractivity contribution in [1.29, 1.82) is 0 Å². The lowest BCUT2D eigenvalue weighted by molar-refractivity contribution is 0.497. The molecule has 0 bridgehead atoms. The summed E-state index contributed by atoms with van der Waals surface area (Å²) in [5, 5.41) is 6.53. The van der Waals surface area contributed by atoms with Gasteiger partial charge in [0, 0.05) is 30.5 Å². The molecule has 0 spiro atoms. The lowest BCUT2D eigenvalue weighted by Crippen LogP contribution is -2.21. The molecule has 1 atom stereocenters. The molecule has 2 aromatic rings. The highest BCUT2D eigenvalue weighted by Crippen LogP contribution is 2.13. The third kappa shape index (κ3) is 2.64. The minimum atomic E-state index is 0.281. The highest BCUT2D eigenvalue weighted by atomic mass is 32.1. The smallest absolute Gasteiger partial charge is 0.123 e. The first-order valence-electron chi connectivity index (χ1n) is 5.01. The van der Waals surface area contributed by atoms with Crippen molar-refractivity contribution in [3.8, 4) is 0 Å². The number of rotatable bonds is 5. The standard InChI is InChI=1S/C10H14N4S/c1-2-8(10-12-3-4-13-10)14-7-9-11-5-6-15-9/h3-6,8,14H,2,7H2,1H3,(H,12,13). The fourth-order valence-electron chi connectivity index (χ4n) is 1.45. The quantitative estimate of drug-likeness (QED) is 0.814. The molecule has 2 aromatic heterocycles. The van der Waals surface area contributed by atoms with Crippen molar-refractivity contribution in [1.82, 2.24) is 20.3 Å². The summed E-state index contributed by atoms with van der Waals surface area (Å²) in [5.74, 6) is 0.994. The van der Waals surface area contributed by atoms with Gasteiger partial charge >= 0.3 is 0 Å². The van der Waals surface area contributed by atoms with Gasteiger partial charge in [0.15, 0.2) is 0 Å². The Morgan fingerprint density at radius 2 is 2.40 bits per heavy atom. The number of H-pyrrole nitrogens is 1. The molecule has 0 aliphatic heterocycles. The van der Waals surface area contributed by atoms with E-state index in [1.54, 1.807) is 17.5 Å². The molecule has 0 amide bonds. The monoisotopic (exact) mass is 222 g/mol. The van der Waals surface area contributed by atoms with E-state index < -0.39 is 0 Å². The van der Waals surface area contributed by atoms with Crippen LogP contribution in [0.25, 0.3) is 0 Å². The Kier molecular flexibility index (Phi) is 3.47. The summed E-state index contributed by atoms with van der Waals surface area (Å²) in [6, 6.07) is 0.281. The van der Waals surface area contributed by atoms with Crippen LogP contribution in [-0.4, -0.2) is 15.0 Å². The summed E-state index contributed by atoms with van der Waals surface area (Å²) in [6.45, 7) is 2.94. The van der Waals surface area contributed by atoms with Crippen molar-refractivity contribution < 1.29 is 0 Å². The second kappa shape index (κ2) is 5.04. The number of hydrogen-bond acceptors (Lipinski definition) is 4. The van der Waals surface area contributed by atoms with E-state index in [1.165, 1.54) is 0 Å². The molecule has 2 rings (SSSR count). The molecule has 0 aliphatic rings. The van der Waals surface area contributed by atoms with Crippen LogP contribution in [0.5, 0.6) is 0 Å². The molecule has 0 aromatic carbocycles. The van der Waals surface area contributed by atoms with Gasteiger partial charge in [-0.05, 0) is 6.42 Å². The number of nitrogens with one attached hydrogen (secondary N) is 2. The zero-order valence-corrected chi connectivity index (χ0v) is 9.42. The van der Waals surface area contributed by atoms with Crippen LogP contribution in [0, 0.1) is 0 Å². The molecule has 0 saturated carbocycles. The topological polar surface area (TPSA) is 53.6 Å². The second-order valence-corrected chi connectivity index (χ2v) is 4.22. The number of aromatic amines is 1. The van der Waals surface area contributed by atoms with Gasteiger partial charge in [0.25, 0.3) is 0 Å². The first kappa shape index (κ1) is 10.3. The Bertz CT molecular complexity index is 368. The van der Waals surface area contributed by atoms with E-state index in [0.29, 0.717) is 0 Å². The summed E-state index contributed by atoms with van der Waals surface area (Å²) in [7, 11) is 0. The van der Waals surface area contributed by atoms with Crippen LogP contribution in [0.3, 0.4) is 0 Å². The normalized spacial score (nSPS) is 12.9. The van der Waals surface area contributed by atoms with Crippen molar-refractivity contribution in [3.05, 3.63) is 34.8 Å². The largest absolute Gasteiger partial charge is 0.347 e. The van der Waals surface area contributed by atoms with E-state index >= 15 is 0 Å². The highest BCUT2D eigenvalue weighted by molar-refractivity contribution is 7.09. The number of aromatic nitrogens is 3. The molecule has 2 heterocycles. The third-order valence-corrected chi connectivity index (χ3v) is 3.02. The van der Waals surface area contributed by atoms with Gasteiger partial charge in [-0.3, -0.25) is 0 Å². The van der Waals surface area contributed by atoms with Gasteiger partial charge < -0.3 is 10.3 Å². The Morgan fingerprint density at radius 1 is 1.47 bits per heavy atom. The summed E-state index contributed by atoms with van der Waals surface area (Å²) in [6.07, 6.45) is 6.47. The Labute approximate surface area is 92.8 Å². The summed E-state index contributed by atoms with van der Waals surface area (Å²) < 4.78 is 0. The predicted octanol–water partition coefficient (Wildman–Crippen LogP) is 2.11. The average molecular weight is 222 g/mol. The fraction of sp³-hybridized carbons (Fsp3) is 0.400. The SMILES string of the molecule is CCC(NCc1nccs1)c1ncc[nH]1. The summed E-state index contributed by atoms with van der Waals surface area (Å²) >= 11 is 1.67. The molecular formula is C10H14N4S. The number of nitrogens with zero attached hydrogens (tertiary/aromatic N) is 2. The number of imidazole rings is 1. The van der Waals surface area contributed by atoms with Crippen molar-refractivity contribution >= 4 is 11.3 Å². The molecule has 80 valence electrons. The lowest BCUT2D eigenvalue weighted by Gasteiger charge is -2.13. The molecule has 0 aliphatic carbocycles. The maximum Gasteiger partial charge on any atom is 0.123 e. The molecule has 4 nitrogen and oxygen atoms in total. The molecule has 15 heavy (non-hydrogen) atoms. The van der Waals surface area contributed by atoms with Crippen LogP contribution < -0.4 is 5.32 Å². The molecule has 5 heteroatoms. The number of hydrogen-bond donors (Lipinski definition) is 2. The minimum Gasteiger partial charge on any atom is -0.347 e. The Morgan fingerprint density at radius 3 is 3.00 bits per heavy atom. The first-order valence-corrected chi connectivity index (χ1v) is 5.89. The van der Waals surface area contributed by atoms with Crippen LogP contribution in [-0.2, 0) is 6.54 Å². The second-order valence-electron chi connectivity index (χ2n) is 3.24. The van der Waals surface area contributed by atoms with Gasteiger partial charge in [-0.25, -0.2) is 9.97 Å². The lowest BCUT2D eigenvalue weighted by atomic mass is 10.2. The van der Waals surface area contributed by atoms with Crippen molar-refractivity contribution in [3.63, 3.8) is 0 Å². The van der Waals surface area contributed by atoms with Crippen LogP contribution >= 0.6 is 11.3 Å². The Hall–Kier alpha value is -1.20. The minimum absolute atomic E-state index is 0.281.